The van der Waals surface area contributed by atoms with Crippen LogP contribution in [0.5, 0.6) is 0 Å². The van der Waals surface area contributed by atoms with Crippen LogP contribution in [0.4, 0.5) is 10.6 Å². The second kappa shape index (κ2) is 10.5. The van der Waals surface area contributed by atoms with Gasteiger partial charge in [-0.05, 0) is 30.2 Å². The number of hydrogen-bond donors (Lipinski definition) is 1. The molecule has 0 unspecified atom stereocenters. The fraction of sp³-hybridized carbons (Fsp3) is 0.458. The number of carbonyl (C=O) groups excluding carboxylic acids is 2. The first-order valence-corrected chi connectivity index (χ1v) is 11.2. The summed E-state index contributed by atoms with van der Waals surface area (Å²) in [6.45, 7) is 7.78. The number of aromatic nitrogens is 1. The van der Waals surface area contributed by atoms with Crippen molar-refractivity contribution in [3.8, 4) is 0 Å². The zero-order valence-electron chi connectivity index (χ0n) is 18.6. The molecule has 2 aromatic rings. The molecule has 8 nitrogen and oxygen atoms in total. The van der Waals surface area contributed by atoms with Crippen LogP contribution in [0, 0.1) is 6.92 Å². The summed E-state index contributed by atoms with van der Waals surface area (Å²) < 4.78 is 5.40. The van der Waals surface area contributed by atoms with E-state index < -0.39 is 0 Å². The lowest BCUT2D eigenvalue weighted by molar-refractivity contribution is -0.131. The second-order valence-corrected chi connectivity index (χ2v) is 8.31. The van der Waals surface area contributed by atoms with Crippen LogP contribution in [0.15, 0.2) is 42.6 Å². The zero-order valence-corrected chi connectivity index (χ0v) is 18.6. The predicted octanol–water partition coefficient (Wildman–Crippen LogP) is 1.82. The number of rotatable bonds is 5. The number of carbonyl (C=O) groups is 2. The molecule has 32 heavy (non-hydrogen) atoms. The number of hydrogen-bond acceptors (Lipinski definition) is 5. The van der Waals surface area contributed by atoms with Gasteiger partial charge in [0.05, 0.1) is 19.6 Å². The molecular weight excluding hydrogens is 406 g/mol. The molecule has 0 radical (unpaired) electrons. The average Bonchev–Trinajstić information content (AvgIpc) is 2.85. The molecule has 0 saturated carbocycles. The van der Waals surface area contributed by atoms with Crippen LogP contribution in [-0.2, 0) is 22.5 Å². The number of anilines is 1. The summed E-state index contributed by atoms with van der Waals surface area (Å²) in [6, 6.07) is 11.9. The Morgan fingerprint density at radius 3 is 2.34 bits per heavy atom. The summed E-state index contributed by atoms with van der Waals surface area (Å²) in [6.07, 6.45) is 2.19. The number of pyridine rings is 1. The molecule has 0 atom stereocenters. The van der Waals surface area contributed by atoms with E-state index in [9.17, 15) is 9.59 Å². The van der Waals surface area contributed by atoms with Gasteiger partial charge in [-0.3, -0.25) is 4.79 Å². The number of benzene rings is 1. The van der Waals surface area contributed by atoms with Crippen molar-refractivity contribution in [2.75, 3.05) is 57.4 Å². The van der Waals surface area contributed by atoms with E-state index in [0.717, 1.165) is 30.0 Å². The Kier molecular flexibility index (Phi) is 7.21. The minimum absolute atomic E-state index is 0.0969. The van der Waals surface area contributed by atoms with E-state index in [1.807, 2.05) is 48.2 Å². The van der Waals surface area contributed by atoms with Crippen molar-refractivity contribution in [1.82, 2.24) is 20.1 Å². The van der Waals surface area contributed by atoms with Gasteiger partial charge in [0.1, 0.15) is 5.82 Å². The molecular formula is C24H31N5O3. The number of piperazine rings is 1. The quantitative estimate of drug-likeness (QED) is 0.772. The number of nitrogens with one attached hydrogen (secondary N) is 1. The van der Waals surface area contributed by atoms with Gasteiger partial charge in [-0.2, -0.15) is 0 Å². The Bertz CT molecular complexity index is 919. The van der Waals surface area contributed by atoms with Crippen LogP contribution in [0.1, 0.15) is 16.7 Å². The molecule has 0 bridgehead atoms. The molecule has 4 rings (SSSR count). The third-order valence-electron chi connectivity index (χ3n) is 5.98. The van der Waals surface area contributed by atoms with E-state index in [0.29, 0.717) is 52.4 Å². The van der Waals surface area contributed by atoms with Crippen LogP contribution >= 0.6 is 0 Å². The normalized spacial score (nSPS) is 16.7. The van der Waals surface area contributed by atoms with Crippen molar-refractivity contribution in [2.24, 2.45) is 0 Å². The van der Waals surface area contributed by atoms with Crippen LogP contribution < -0.4 is 10.2 Å². The summed E-state index contributed by atoms with van der Waals surface area (Å²) in [4.78, 5) is 35.5. The van der Waals surface area contributed by atoms with Crippen molar-refractivity contribution in [1.29, 1.82) is 0 Å². The highest BCUT2D eigenvalue weighted by atomic mass is 16.5. The largest absolute Gasteiger partial charge is 0.378 e. The number of morpholine rings is 1. The van der Waals surface area contributed by atoms with Gasteiger partial charge in [-0.15, -0.1) is 0 Å². The summed E-state index contributed by atoms with van der Waals surface area (Å²) in [7, 11) is 0. The van der Waals surface area contributed by atoms with Gasteiger partial charge >= 0.3 is 6.03 Å². The maximum atomic E-state index is 12.6. The van der Waals surface area contributed by atoms with Gasteiger partial charge < -0.3 is 24.8 Å². The molecule has 2 aliphatic heterocycles. The third-order valence-corrected chi connectivity index (χ3v) is 5.98. The molecule has 1 N–H and O–H groups in total. The van der Waals surface area contributed by atoms with Crippen molar-refractivity contribution in [2.45, 2.75) is 19.9 Å². The van der Waals surface area contributed by atoms with Gasteiger partial charge in [0, 0.05) is 52.0 Å². The zero-order chi connectivity index (χ0) is 22.3. The lowest BCUT2D eigenvalue weighted by Crippen LogP contribution is -2.53. The first-order chi connectivity index (χ1) is 15.6. The van der Waals surface area contributed by atoms with Gasteiger partial charge in [-0.25, -0.2) is 9.78 Å². The van der Waals surface area contributed by atoms with Gasteiger partial charge in [0.15, 0.2) is 0 Å². The number of nitrogens with zero attached hydrogens (tertiary/aromatic N) is 4. The molecule has 0 spiro atoms. The maximum Gasteiger partial charge on any atom is 0.317 e. The Balaban J connectivity index is 1.22. The Morgan fingerprint density at radius 2 is 1.62 bits per heavy atom. The molecule has 2 fully saturated rings. The van der Waals surface area contributed by atoms with Crippen molar-refractivity contribution < 1.29 is 14.3 Å². The molecule has 0 aliphatic carbocycles. The average molecular weight is 438 g/mol. The van der Waals surface area contributed by atoms with E-state index in [2.05, 4.69) is 15.2 Å². The van der Waals surface area contributed by atoms with Gasteiger partial charge in [0.25, 0.3) is 0 Å². The van der Waals surface area contributed by atoms with Crippen LogP contribution in [0.3, 0.4) is 0 Å². The minimum Gasteiger partial charge on any atom is -0.378 e. The topological polar surface area (TPSA) is 78.0 Å². The SMILES string of the molecule is Cc1ccc(CC(=O)N2CCN(C(=O)NCc3ccnc(N4CCOCC4)c3)CC2)cc1. The van der Waals surface area contributed by atoms with Gasteiger partial charge in [0.2, 0.25) is 5.91 Å². The van der Waals surface area contributed by atoms with Gasteiger partial charge in [-0.1, -0.05) is 29.8 Å². The standard InChI is InChI=1S/C24H31N5O3/c1-19-2-4-20(5-3-19)17-23(30)28-8-10-29(11-9-28)24(31)26-18-21-6-7-25-22(16-21)27-12-14-32-15-13-27/h2-7,16H,8-15,17-18H2,1H3,(H,26,31). The van der Waals surface area contributed by atoms with E-state index >= 15 is 0 Å². The van der Waals surface area contributed by atoms with E-state index in [-0.39, 0.29) is 11.9 Å². The highest BCUT2D eigenvalue weighted by Gasteiger charge is 2.24. The first kappa shape index (κ1) is 22.1. The Labute approximate surface area is 189 Å². The Hall–Kier alpha value is -3.13. The van der Waals surface area contributed by atoms with Crippen LogP contribution in [0.2, 0.25) is 0 Å². The molecule has 8 heteroatoms. The minimum atomic E-state index is -0.0969. The highest BCUT2D eigenvalue weighted by molar-refractivity contribution is 5.79. The van der Waals surface area contributed by atoms with Crippen molar-refractivity contribution in [3.63, 3.8) is 0 Å². The van der Waals surface area contributed by atoms with E-state index in [1.54, 1.807) is 11.1 Å². The summed E-state index contributed by atoms with van der Waals surface area (Å²) in [5.41, 5.74) is 3.22. The summed E-state index contributed by atoms with van der Waals surface area (Å²) >= 11 is 0. The second-order valence-electron chi connectivity index (χ2n) is 8.31. The number of amides is 3. The summed E-state index contributed by atoms with van der Waals surface area (Å²) in [5.74, 6) is 1.03. The van der Waals surface area contributed by atoms with Crippen LogP contribution in [-0.4, -0.2) is 79.2 Å². The van der Waals surface area contributed by atoms with Crippen molar-refractivity contribution in [3.05, 3.63) is 59.3 Å². The molecule has 2 saturated heterocycles. The maximum absolute atomic E-state index is 12.6. The Morgan fingerprint density at radius 1 is 0.938 bits per heavy atom. The number of aryl methyl sites for hydroxylation is 1. The fourth-order valence-corrected chi connectivity index (χ4v) is 3.98. The molecule has 2 aliphatic rings. The molecule has 1 aromatic carbocycles. The van der Waals surface area contributed by atoms with E-state index in [4.69, 9.17) is 4.74 Å². The molecule has 3 heterocycles. The first-order valence-electron chi connectivity index (χ1n) is 11.2. The number of ether oxygens (including phenoxy) is 1. The lowest BCUT2D eigenvalue weighted by Gasteiger charge is -2.34. The monoisotopic (exact) mass is 437 g/mol. The molecule has 1 aromatic heterocycles. The predicted molar refractivity (Wildman–Crippen MR) is 123 cm³/mol. The molecule has 170 valence electrons. The van der Waals surface area contributed by atoms with E-state index in [1.165, 1.54) is 5.56 Å². The third kappa shape index (κ3) is 5.76. The lowest BCUT2D eigenvalue weighted by atomic mass is 10.1. The highest BCUT2D eigenvalue weighted by Crippen LogP contribution is 2.14. The van der Waals surface area contributed by atoms with Crippen LogP contribution in [0.25, 0.3) is 0 Å². The summed E-state index contributed by atoms with van der Waals surface area (Å²) in [5, 5.41) is 3.00. The number of urea groups is 1. The smallest absolute Gasteiger partial charge is 0.317 e. The fourth-order valence-electron chi connectivity index (χ4n) is 3.98. The van der Waals surface area contributed by atoms with Crippen molar-refractivity contribution >= 4 is 17.8 Å². The molecule has 3 amide bonds.